The molecule has 2 aromatic carbocycles. The summed E-state index contributed by atoms with van der Waals surface area (Å²) in [6, 6.07) is 10.8. The molecular weight excluding hydrogens is 560 g/mol. The monoisotopic (exact) mass is 598 g/mol. The minimum atomic E-state index is -4.07. The number of amides is 2. The van der Waals surface area contributed by atoms with Crippen molar-refractivity contribution in [3.05, 3.63) is 52.5 Å². The highest BCUT2D eigenvalue weighted by Gasteiger charge is 2.44. The molecule has 3 atom stereocenters. The number of nitrogens with zero attached hydrogens (tertiary/aromatic N) is 3. The third-order valence-electron chi connectivity index (χ3n) is 10.5. The van der Waals surface area contributed by atoms with Crippen molar-refractivity contribution in [1.29, 1.82) is 0 Å². The summed E-state index contributed by atoms with van der Waals surface area (Å²) in [6.45, 7) is 5.10. The van der Waals surface area contributed by atoms with Gasteiger partial charge in [-0.25, -0.2) is 17.9 Å². The molecule has 8 rings (SSSR count). The number of urea groups is 1. The molecule has 41 heavy (non-hydrogen) atoms. The van der Waals surface area contributed by atoms with Crippen molar-refractivity contribution in [2.45, 2.75) is 61.3 Å². The Kier molecular flexibility index (Phi) is 6.90. The van der Waals surface area contributed by atoms with E-state index in [1.807, 2.05) is 6.07 Å². The summed E-state index contributed by atoms with van der Waals surface area (Å²) in [7, 11) is -2.36. The standard InChI is InChI=1S/C31H39ClN4O4S/c1-34-25-10-13-35(14-11-25)17-22-4-5-23(22)18-36-19-31(12-2-3-21-15-24(32)6-8-27(21)31)20-40-29-9-7-26(16-28(29)36)41(38,39)33-30(34)37/h6-9,15-16,22-23,25H,2-5,10-14,17-20H2,1H3,(H,33,37)/t22-,23-,31-/m0/s1. The van der Waals surface area contributed by atoms with Gasteiger partial charge in [0.05, 0.1) is 17.2 Å². The van der Waals surface area contributed by atoms with Crippen LogP contribution in [0.15, 0.2) is 41.3 Å². The number of benzene rings is 2. The lowest BCUT2D eigenvalue weighted by atomic mass is 9.69. The van der Waals surface area contributed by atoms with E-state index in [2.05, 4.69) is 26.7 Å². The maximum Gasteiger partial charge on any atom is 0.331 e. The van der Waals surface area contributed by atoms with Crippen molar-refractivity contribution in [3.8, 4) is 5.75 Å². The van der Waals surface area contributed by atoms with Gasteiger partial charge in [0.25, 0.3) is 10.0 Å². The SMILES string of the molecule is CN1C(=O)NS(=O)(=O)c2ccc3c(c2)N(C[C@@H]2CC[C@H]2CN2CCC1CC2)C[C@@]1(CCCc2cc(Cl)ccc21)CO3. The lowest BCUT2D eigenvalue weighted by Crippen LogP contribution is -2.52. The van der Waals surface area contributed by atoms with Crippen LogP contribution in [0.3, 0.4) is 0 Å². The first-order chi connectivity index (χ1) is 19.7. The minimum absolute atomic E-state index is 0.0342. The molecule has 4 aliphatic heterocycles. The zero-order valence-electron chi connectivity index (χ0n) is 23.6. The predicted molar refractivity (Wildman–Crippen MR) is 159 cm³/mol. The van der Waals surface area contributed by atoms with Crippen LogP contribution < -0.4 is 14.4 Å². The van der Waals surface area contributed by atoms with Gasteiger partial charge in [0.2, 0.25) is 0 Å². The third kappa shape index (κ3) is 4.97. The second-order valence-electron chi connectivity index (χ2n) is 12.9. The van der Waals surface area contributed by atoms with Crippen LogP contribution >= 0.6 is 11.6 Å². The number of hydrogen-bond donors (Lipinski definition) is 1. The van der Waals surface area contributed by atoms with Gasteiger partial charge in [0.1, 0.15) is 5.75 Å². The van der Waals surface area contributed by atoms with E-state index in [-0.39, 0.29) is 16.4 Å². The Bertz CT molecular complexity index is 1460. The van der Waals surface area contributed by atoms with Crippen molar-refractivity contribution in [3.63, 3.8) is 0 Å². The van der Waals surface area contributed by atoms with Crippen LogP contribution in [-0.2, 0) is 21.9 Å². The Balaban J connectivity index is 1.30. The highest BCUT2D eigenvalue weighted by Crippen LogP contribution is 2.46. The molecule has 2 amide bonds. The average Bonchev–Trinajstić information content (AvgIpc) is 3.10. The highest BCUT2D eigenvalue weighted by molar-refractivity contribution is 7.90. The molecule has 1 saturated heterocycles. The van der Waals surface area contributed by atoms with Crippen LogP contribution in [0, 0.1) is 11.8 Å². The molecule has 0 radical (unpaired) electrons. The van der Waals surface area contributed by atoms with E-state index in [4.69, 9.17) is 16.3 Å². The number of hydrogen-bond acceptors (Lipinski definition) is 6. The van der Waals surface area contributed by atoms with Crippen molar-refractivity contribution in [2.75, 3.05) is 51.3 Å². The summed E-state index contributed by atoms with van der Waals surface area (Å²) in [5, 5.41) is 0.757. The quantitative estimate of drug-likeness (QED) is 0.476. The van der Waals surface area contributed by atoms with Crippen LogP contribution in [-0.4, -0.2) is 76.7 Å². The number of piperidine rings is 1. The lowest BCUT2D eigenvalue weighted by Gasteiger charge is -2.46. The molecule has 10 heteroatoms. The Morgan fingerprint density at radius 2 is 1.80 bits per heavy atom. The zero-order chi connectivity index (χ0) is 28.4. The van der Waals surface area contributed by atoms with Gasteiger partial charge in [-0.15, -0.1) is 0 Å². The number of halogens is 1. The number of rotatable bonds is 0. The van der Waals surface area contributed by atoms with Gasteiger partial charge >= 0.3 is 6.03 Å². The van der Waals surface area contributed by atoms with Crippen molar-refractivity contribution in [2.24, 2.45) is 11.8 Å². The van der Waals surface area contributed by atoms with Gasteiger partial charge in [-0.1, -0.05) is 17.7 Å². The van der Waals surface area contributed by atoms with Gasteiger partial charge in [0.15, 0.2) is 0 Å². The topological polar surface area (TPSA) is 82.2 Å². The van der Waals surface area contributed by atoms with Gasteiger partial charge in [-0.3, -0.25) is 0 Å². The predicted octanol–water partition coefficient (Wildman–Crippen LogP) is 4.65. The molecule has 2 fully saturated rings. The van der Waals surface area contributed by atoms with E-state index in [1.54, 1.807) is 30.1 Å². The Morgan fingerprint density at radius 3 is 2.59 bits per heavy atom. The van der Waals surface area contributed by atoms with E-state index >= 15 is 0 Å². The summed E-state index contributed by atoms with van der Waals surface area (Å²) in [4.78, 5) is 19.7. The highest BCUT2D eigenvalue weighted by atomic mass is 35.5. The van der Waals surface area contributed by atoms with E-state index in [0.717, 1.165) is 75.5 Å². The molecule has 4 bridgehead atoms. The maximum absolute atomic E-state index is 13.5. The van der Waals surface area contributed by atoms with Crippen LogP contribution in [0.4, 0.5) is 10.5 Å². The summed E-state index contributed by atoms with van der Waals surface area (Å²) >= 11 is 6.40. The molecule has 1 N–H and O–H groups in total. The smallest absolute Gasteiger partial charge is 0.331 e. The largest absolute Gasteiger partial charge is 0.490 e. The second-order valence-corrected chi connectivity index (χ2v) is 15.0. The number of sulfonamides is 1. The van der Waals surface area contributed by atoms with Crippen LogP contribution in [0.1, 0.15) is 49.7 Å². The number of anilines is 1. The molecule has 0 aromatic heterocycles. The van der Waals surface area contributed by atoms with Gasteiger partial charge < -0.3 is 19.4 Å². The Morgan fingerprint density at radius 1 is 1.02 bits per heavy atom. The average molecular weight is 599 g/mol. The van der Waals surface area contributed by atoms with E-state index < -0.39 is 16.1 Å². The fourth-order valence-corrected chi connectivity index (χ4v) is 9.10. The first-order valence-electron chi connectivity index (χ1n) is 15.0. The molecule has 4 heterocycles. The first-order valence-corrected chi connectivity index (χ1v) is 16.9. The number of carbonyl (C=O) groups is 1. The summed E-state index contributed by atoms with van der Waals surface area (Å²) in [6.07, 6.45) is 7.19. The summed E-state index contributed by atoms with van der Waals surface area (Å²) in [5.74, 6) is 1.86. The molecule has 2 aliphatic carbocycles. The minimum Gasteiger partial charge on any atom is -0.490 e. The normalized spacial score (nSPS) is 32.7. The first kappa shape index (κ1) is 27.3. The number of nitrogens with one attached hydrogen (secondary N) is 1. The fourth-order valence-electron chi connectivity index (χ4n) is 7.90. The molecule has 1 spiro atoms. The third-order valence-corrected chi connectivity index (χ3v) is 12.0. The summed E-state index contributed by atoms with van der Waals surface area (Å²) < 4.78 is 35.9. The van der Waals surface area contributed by atoms with Crippen molar-refractivity contribution in [1.82, 2.24) is 14.5 Å². The molecule has 8 nitrogen and oxygen atoms in total. The maximum atomic E-state index is 13.5. The molecule has 220 valence electrons. The van der Waals surface area contributed by atoms with E-state index in [9.17, 15) is 13.2 Å². The molecule has 0 unspecified atom stereocenters. The molecular formula is C31H39ClN4O4S. The Labute approximate surface area is 248 Å². The Hall–Kier alpha value is -2.49. The number of ether oxygens (including phenoxy) is 1. The van der Waals surface area contributed by atoms with Crippen LogP contribution in [0.5, 0.6) is 5.75 Å². The molecule has 1 saturated carbocycles. The van der Waals surface area contributed by atoms with Crippen molar-refractivity contribution < 1.29 is 17.9 Å². The number of aryl methyl sites for hydroxylation is 1. The summed E-state index contributed by atoms with van der Waals surface area (Å²) in [5.41, 5.74) is 3.16. The van der Waals surface area contributed by atoms with E-state index in [0.29, 0.717) is 24.2 Å². The number of fused-ring (bicyclic) bond motifs is 7. The lowest BCUT2D eigenvalue weighted by molar-refractivity contribution is 0.0791. The van der Waals surface area contributed by atoms with Gasteiger partial charge in [-0.2, -0.15) is 0 Å². The van der Waals surface area contributed by atoms with Crippen LogP contribution in [0.25, 0.3) is 0 Å². The molecule has 6 aliphatic rings. The van der Waals surface area contributed by atoms with Crippen LogP contribution in [0.2, 0.25) is 5.02 Å². The van der Waals surface area contributed by atoms with Gasteiger partial charge in [-0.05, 0) is 98.2 Å². The van der Waals surface area contributed by atoms with Crippen molar-refractivity contribution >= 4 is 33.3 Å². The second kappa shape index (κ2) is 10.3. The fraction of sp³-hybridized carbons (Fsp3) is 0.581. The number of carbonyl (C=O) groups excluding carboxylic acids is 1. The van der Waals surface area contributed by atoms with E-state index in [1.165, 1.54) is 24.0 Å². The van der Waals surface area contributed by atoms with Gasteiger partial charge in [0, 0.05) is 56.3 Å². The molecule has 2 aromatic rings. The zero-order valence-corrected chi connectivity index (χ0v) is 25.2.